The molecule has 1 aromatic rings. The van der Waals surface area contributed by atoms with Crippen LogP contribution in [0, 0.1) is 28.4 Å². The van der Waals surface area contributed by atoms with Gasteiger partial charge in [0.25, 0.3) is 5.69 Å². The highest BCUT2D eigenvalue weighted by Crippen LogP contribution is 2.25. The number of carbonyl (C=O) groups is 1. The van der Waals surface area contributed by atoms with E-state index in [4.69, 9.17) is 5.26 Å². The monoisotopic (exact) mass is 262 g/mol. The Labute approximate surface area is 108 Å². The smallest absolute Gasteiger partial charge is 0.369 e. The maximum Gasteiger partial charge on any atom is 0.369 e. The number of nitro benzene ring substituents is 1. The van der Waals surface area contributed by atoms with E-state index in [0.29, 0.717) is 5.56 Å². The molecule has 0 saturated heterocycles. The third kappa shape index (κ3) is 3.50. The number of nitrogens with one attached hydrogen (secondary N) is 1. The summed E-state index contributed by atoms with van der Waals surface area (Å²) >= 11 is 0. The van der Waals surface area contributed by atoms with Crippen molar-refractivity contribution in [3.8, 4) is 6.07 Å². The molecule has 0 aliphatic heterocycles. The molecule has 0 heterocycles. The number of nitrogens with zero attached hydrogens (tertiary/aromatic N) is 3. The van der Waals surface area contributed by atoms with Gasteiger partial charge in [0.15, 0.2) is 0 Å². The number of benzene rings is 1. The molecule has 19 heavy (non-hydrogen) atoms. The molecule has 98 valence electrons. The van der Waals surface area contributed by atoms with Gasteiger partial charge in [0.2, 0.25) is 5.71 Å². The molecule has 8 heteroatoms. The zero-order chi connectivity index (χ0) is 14.4. The third-order valence-electron chi connectivity index (χ3n) is 2.12. The Morgan fingerprint density at radius 3 is 2.79 bits per heavy atom. The van der Waals surface area contributed by atoms with Crippen LogP contribution in [0.25, 0.3) is 0 Å². The summed E-state index contributed by atoms with van der Waals surface area (Å²) in [5.74, 6) is -0.926. The van der Waals surface area contributed by atoms with Crippen LogP contribution >= 0.6 is 0 Å². The van der Waals surface area contributed by atoms with E-state index in [1.165, 1.54) is 18.2 Å². The first-order valence-electron chi connectivity index (χ1n) is 5.06. The van der Waals surface area contributed by atoms with Crippen LogP contribution in [0.1, 0.15) is 5.56 Å². The van der Waals surface area contributed by atoms with E-state index in [0.717, 1.165) is 7.11 Å². The van der Waals surface area contributed by atoms with Gasteiger partial charge >= 0.3 is 5.97 Å². The Hall–Kier alpha value is -2.95. The van der Waals surface area contributed by atoms with Crippen LogP contribution in [0.2, 0.25) is 0 Å². The minimum Gasteiger partial charge on any atom is -0.464 e. The summed E-state index contributed by atoms with van der Waals surface area (Å²) in [5.41, 5.74) is 2.36. The summed E-state index contributed by atoms with van der Waals surface area (Å²) in [6, 6.07) is 5.94. The number of nitriles is 1. The summed E-state index contributed by atoms with van der Waals surface area (Å²) in [6.07, 6.45) is 0. The summed E-state index contributed by atoms with van der Waals surface area (Å²) in [6.45, 7) is 1.70. The number of ether oxygens (including phenoxy) is 1. The average Bonchev–Trinajstić information content (AvgIpc) is 2.40. The van der Waals surface area contributed by atoms with Crippen molar-refractivity contribution >= 4 is 23.1 Å². The van der Waals surface area contributed by atoms with Crippen molar-refractivity contribution < 1.29 is 14.5 Å². The molecule has 0 aliphatic carbocycles. The highest BCUT2D eigenvalue weighted by molar-refractivity contribution is 6.43. The molecule has 0 amide bonds. The lowest BCUT2D eigenvalue weighted by molar-refractivity contribution is -0.384. The second-order valence-electron chi connectivity index (χ2n) is 3.45. The fourth-order valence-corrected chi connectivity index (χ4v) is 1.22. The Morgan fingerprint density at radius 2 is 2.26 bits per heavy atom. The standard InChI is InChI=1S/C11H10N4O4/c1-7-3-4-8(10(5-7)15(17)18)13-14-9(6-12)11(16)19-2/h3-5,13H,1-2H3. The molecule has 1 N–H and O–H groups in total. The fourth-order valence-electron chi connectivity index (χ4n) is 1.22. The summed E-state index contributed by atoms with van der Waals surface area (Å²) in [4.78, 5) is 21.3. The molecule has 0 aromatic heterocycles. The molecule has 0 atom stereocenters. The van der Waals surface area contributed by atoms with Crippen LogP contribution in [-0.2, 0) is 9.53 Å². The number of aryl methyl sites for hydroxylation is 1. The van der Waals surface area contributed by atoms with Crippen molar-refractivity contribution in [2.45, 2.75) is 6.92 Å². The minimum absolute atomic E-state index is 0.0762. The van der Waals surface area contributed by atoms with Crippen molar-refractivity contribution in [3.05, 3.63) is 33.9 Å². The van der Waals surface area contributed by atoms with Crippen molar-refractivity contribution in [3.63, 3.8) is 0 Å². The van der Waals surface area contributed by atoms with E-state index in [9.17, 15) is 14.9 Å². The van der Waals surface area contributed by atoms with Gasteiger partial charge in [-0.1, -0.05) is 6.07 Å². The van der Waals surface area contributed by atoms with E-state index in [2.05, 4.69) is 15.3 Å². The number of rotatable bonds is 4. The summed E-state index contributed by atoms with van der Waals surface area (Å²) in [7, 11) is 1.10. The Kier molecular flexibility index (Phi) is 4.54. The highest BCUT2D eigenvalue weighted by Gasteiger charge is 2.15. The maximum atomic E-state index is 11.1. The molecule has 0 radical (unpaired) electrons. The van der Waals surface area contributed by atoms with Gasteiger partial charge in [-0.15, -0.1) is 0 Å². The second-order valence-corrected chi connectivity index (χ2v) is 3.45. The first-order valence-corrected chi connectivity index (χ1v) is 5.06. The molecule has 8 nitrogen and oxygen atoms in total. The number of hydrogen-bond donors (Lipinski definition) is 1. The molecule has 0 fully saturated rings. The topological polar surface area (TPSA) is 118 Å². The molecule has 0 aliphatic rings. The number of anilines is 1. The predicted octanol–water partition coefficient (Wildman–Crippen LogP) is 1.37. The molecule has 1 rings (SSSR count). The third-order valence-corrected chi connectivity index (χ3v) is 2.12. The number of hydrogen-bond acceptors (Lipinski definition) is 7. The summed E-state index contributed by atoms with van der Waals surface area (Å²) in [5, 5.41) is 23.0. The van der Waals surface area contributed by atoms with Crippen LogP contribution in [-0.4, -0.2) is 23.7 Å². The molecular weight excluding hydrogens is 252 g/mol. The van der Waals surface area contributed by atoms with Crippen molar-refractivity contribution in [1.82, 2.24) is 0 Å². The number of nitro groups is 1. The van der Waals surface area contributed by atoms with Crippen LogP contribution in [0.3, 0.4) is 0 Å². The second kappa shape index (κ2) is 6.11. The zero-order valence-electron chi connectivity index (χ0n) is 10.2. The van der Waals surface area contributed by atoms with E-state index in [-0.39, 0.29) is 11.4 Å². The lowest BCUT2D eigenvalue weighted by Crippen LogP contribution is -2.15. The SMILES string of the molecule is COC(=O)C(C#N)=NNc1ccc(C)cc1[N+](=O)[O-]. The quantitative estimate of drug-likeness (QED) is 0.379. The molecular formula is C11H10N4O4. The first-order chi connectivity index (χ1) is 8.99. The lowest BCUT2D eigenvalue weighted by atomic mass is 10.2. The number of esters is 1. The Balaban J connectivity index is 3.07. The van der Waals surface area contributed by atoms with Crippen molar-refractivity contribution in [1.29, 1.82) is 5.26 Å². The average molecular weight is 262 g/mol. The number of hydrazone groups is 1. The van der Waals surface area contributed by atoms with E-state index in [1.807, 2.05) is 0 Å². The highest BCUT2D eigenvalue weighted by atomic mass is 16.6. The lowest BCUT2D eigenvalue weighted by Gasteiger charge is -2.03. The van der Waals surface area contributed by atoms with Gasteiger partial charge in [0, 0.05) is 6.07 Å². The van der Waals surface area contributed by atoms with Gasteiger partial charge in [-0.2, -0.15) is 10.4 Å². The minimum atomic E-state index is -0.926. The van der Waals surface area contributed by atoms with Crippen molar-refractivity contribution in [2.24, 2.45) is 5.10 Å². The molecule has 1 aromatic carbocycles. The number of methoxy groups -OCH3 is 1. The van der Waals surface area contributed by atoms with E-state index in [1.54, 1.807) is 13.0 Å². The number of carbonyl (C=O) groups excluding carboxylic acids is 1. The molecule has 0 spiro atoms. The van der Waals surface area contributed by atoms with Gasteiger partial charge in [0.1, 0.15) is 11.8 Å². The van der Waals surface area contributed by atoms with Crippen LogP contribution in [0.5, 0.6) is 0 Å². The molecule has 0 saturated carbocycles. The molecule has 0 bridgehead atoms. The normalized spacial score (nSPS) is 10.5. The van der Waals surface area contributed by atoms with E-state index >= 15 is 0 Å². The van der Waals surface area contributed by atoms with Crippen LogP contribution in [0.15, 0.2) is 23.3 Å². The molecule has 0 unspecified atom stereocenters. The van der Waals surface area contributed by atoms with Crippen LogP contribution in [0.4, 0.5) is 11.4 Å². The van der Waals surface area contributed by atoms with Crippen LogP contribution < -0.4 is 5.43 Å². The Bertz CT molecular complexity index is 589. The van der Waals surface area contributed by atoms with Gasteiger partial charge < -0.3 is 4.74 Å². The van der Waals surface area contributed by atoms with Gasteiger partial charge in [-0.05, 0) is 18.6 Å². The Morgan fingerprint density at radius 1 is 1.58 bits per heavy atom. The summed E-state index contributed by atoms with van der Waals surface area (Å²) < 4.78 is 4.32. The van der Waals surface area contributed by atoms with Crippen molar-refractivity contribution in [2.75, 3.05) is 12.5 Å². The largest absolute Gasteiger partial charge is 0.464 e. The van der Waals surface area contributed by atoms with E-state index < -0.39 is 16.6 Å². The van der Waals surface area contributed by atoms with Gasteiger partial charge in [-0.3, -0.25) is 15.5 Å². The fraction of sp³-hybridized carbons (Fsp3) is 0.182. The predicted molar refractivity (Wildman–Crippen MR) is 66.5 cm³/mol. The van der Waals surface area contributed by atoms with Gasteiger partial charge in [-0.25, -0.2) is 4.79 Å². The van der Waals surface area contributed by atoms with Gasteiger partial charge in [0.05, 0.1) is 12.0 Å². The first kappa shape index (κ1) is 14.1. The zero-order valence-corrected chi connectivity index (χ0v) is 10.2. The maximum absolute atomic E-state index is 11.1.